The van der Waals surface area contributed by atoms with Gasteiger partial charge in [0.15, 0.2) is 0 Å². The third kappa shape index (κ3) is 2.92. The highest BCUT2D eigenvalue weighted by atomic mass is 16.4. The lowest BCUT2D eigenvalue weighted by Gasteiger charge is -2.26. The van der Waals surface area contributed by atoms with E-state index >= 15 is 0 Å². The molecule has 0 aromatic carbocycles. The minimum atomic E-state index is -1.02. The van der Waals surface area contributed by atoms with Crippen LogP contribution in [-0.4, -0.2) is 40.5 Å². The van der Waals surface area contributed by atoms with E-state index in [0.717, 1.165) is 19.3 Å². The van der Waals surface area contributed by atoms with Gasteiger partial charge in [0.05, 0.1) is 12.5 Å². The third-order valence-corrected chi connectivity index (χ3v) is 2.84. The van der Waals surface area contributed by atoms with Crippen LogP contribution in [0.2, 0.25) is 0 Å². The van der Waals surface area contributed by atoms with Gasteiger partial charge >= 0.3 is 5.97 Å². The Labute approximate surface area is 89.2 Å². The zero-order chi connectivity index (χ0) is 11.4. The molecule has 5 heteroatoms. The number of rotatable bonds is 4. The van der Waals surface area contributed by atoms with E-state index in [9.17, 15) is 9.59 Å². The lowest BCUT2D eigenvalue weighted by Crippen LogP contribution is -2.46. The van der Waals surface area contributed by atoms with Crippen LogP contribution in [0.4, 0.5) is 0 Å². The molecular weight excluding hydrogens is 196 g/mol. The Morgan fingerprint density at radius 3 is 2.80 bits per heavy atom. The largest absolute Gasteiger partial charge is 0.481 e. The fraction of sp³-hybridized carbons (Fsp3) is 0.800. The molecule has 3 N–H and O–H groups in total. The standard InChI is InChI=1S/C10H18N2O3/c1-2-7-4-3-5-12(7)10(15)8(11)6-9(13)14/h7-8H,2-6,11H2,1H3,(H,13,14). The molecule has 2 unspecified atom stereocenters. The van der Waals surface area contributed by atoms with Crippen molar-refractivity contribution in [3.8, 4) is 0 Å². The Bertz CT molecular complexity index is 255. The molecule has 1 aliphatic rings. The summed E-state index contributed by atoms with van der Waals surface area (Å²) < 4.78 is 0. The summed E-state index contributed by atoms with van der Waals surface area (Å²) in [6, 6.07) is -0.646. The summed E-state index contributed by atoms with van der Waals surface area (Å²) in [7, 11) is 0. The van der Waals surface area contributed by atoms with Crippen molar-refractivity contribution >= 4 is 11.9 Å². The molecule has 0 radical (unpaired) electrons. The van der Waals surface area contributed by atoms with Crippen molar-refractivity contribution in [3.63, 3.8) is 0 Å². The van der Waals surface area contributed by atoms with Gasteiger partial charge in [-0.3, -0.25) is 9.59 Å². The summed E-state index contributed by atoms with van der Waals surface area (Å²) in [6.07, 6.45) is 2.61. The first-order valence-corrected chi connectivity index (χ1v) is 5.34. The third-order valence-electron chi connectivity index (χ3n) is 2.84. The Morgan fingerprint density at radius 1 is 1.60 bits per heavy atom. The van der Waals surface area contributed by atoms with Crippen molar-refractivity contribution < 1.29 is 14.7 Å². The number of carbonyl (C=O) groups is 2. The van der Waals surface area contributed by atoms with Crippen LogP contribution >= 0.6 is 0 Å². The number of carboxylic acids is 1. The van der Waals surface area contributed by atoms with Gasteiger partial charge in [-0.05, 0) is 19.3 Å². The fourth-order valence-corrected chi connectivity index (χ4v) is 2.04. The van der Waals surface area contributed by atoms with Crippen LogP contribution in [0, 0.1) is 0 Å². The van der Waals surface area contributed by atoms with Gasteiger partial charge in [0, 0.05) is 12.6 Å². The summed E-state index contributed by atoms with van der Waals surface area (Å²) in [5, 5.41) is 8.55. The maximum atomic E-state index is 11.8. The monoisotopic (exact) mass is 214 g/mol. The molecule has 15 heavy (non-hydrogen) atoms. The minimum absolute atomic E-state index is 0.221. The van der Waals surface area contributed by atoms with Gasteiger partial charge in [-0.1, -0.05) is 6.92 Å². The SMILES string of the molecule is CCC1CCCN1C(=O)C(N)CC(=O)O. The predicted molar refractivity (Wildman–Crippen MR) is 55.3 cm³/mol. The van der Waals surface area contributed by atoms with Crippen LogP contribution in [-0.2, 0) is 9.59 Å². The van der Waals surface area contributed by atoms with E-state index in [4.69, 9.17) is 10.8 Å². The van der Waals surface area contributed by atoms with Gasteiger partial charge in [0.1, 0.15) is 0 Å². The van der Waals surface area contributed by atoms with Crippen molar-refractivity contribution in [2.45, 2.75) is 44.7 Å². The average molecular weight is 214 g/mol. The highest BCUT2D eigenvalue weighted by Crippen LogP contribution is 2.20. The summed E-state index contributed by atoms with van der Waals surface area (Å²) in [5.41, 5.74) is 5.54. The Morgan fingerprint density at radius 2 is 2.27 bits per heavy atom. The summed E-state index contributed by atoms with van der Waals surface area (Å²) in [6.45, 7) is 2.74. The Hall–Kier alpha value is -1.10. The lowest BCUT2D eigenvalue weighted by atomic mass is 10.1. The number of hydrogen-bond donors (Lipinski definition) is 2. The summed E-state index contributed by atoms with van der Waals surface area (Å²) in [4.78, 5) is 23.9. The van der Waals surface area contributed by atoms with E-state index in [-0.39, 0.29) is 18.4 Å². The molecule has 1 rings (SSSR count). The first-order valence-electron chi connectivity index (χ1n) is 5.34. The zero-order valence-corrected chi connectivity index (χ0v) is 8.98. The van der Waals surface area contributed by atoms with E-state index in [0.29, 0.717) is 6.54 Å². The molecule has 5 nitrogen and oxygen atoms in total. The van der Waals surface area contributed by atoms with E-state index in [1.54, 1.807) is 4.90 Å². The van der Waals surface area contributed by atoms with Crippen molar-refractivity contribution in [1.29, 1.82) is 0 Å². The van der Waals surface area contributed by atoms with Crippen LogP contribution < -0.4 is 5.73 Å². The second-order valence-electron chi connectivity index (χ2n) is 3.94. The molecule has 1 heterocycles. The number of nitrogens with two attached hydrogens (primary N) is 1. The molecule has 1 saturated heterocycles. The van der Waals surface area contributed by atoms with Crippen molar-refractivity contribution in [3.05, 3.63) is 0 Å². The Kier molecular flexibility index (Phi) is 4.08. The first kappa shape index (κ1) is 12.0. The van der Waals surface area contributed by atoms with Gasteiger partial charge < -0.3 is 15.7 Å². The van der Waals surface area contributed by atoms with Crippen LogP contribution in [0.25, 0.3) is 0 Å². The first-order chi connectivity index (χ1) is 7.06. The molecule has 1 fully saturated rings. The fourth-order valence-electron chi connectivity index (χ4n) is 2.04. The maximum absolute atomic E-state index is 11.8. The molecule has 0 bridgehead atoms. The molecule has 0 aliphatic carbocycles. The van der Waals surface area contributed by atoms with E-state index in [1.807, 2.05) is 6.92 Å². The van der Waals surface area contributed by atoms with Crippen LogP contribution in [0.15, 0.2) is 0 Å². The zero-order valence-electron chi connectivity index (χ0n) is 8.98. The number of nitrogens with zero attached hydrogens (tertiary/aromatic N) is 1. The topological polar surface area (TPSA) is 83.6 Å². The molecule has 0 spiro atoms. The van der Waals surface area contributed by atoms with Crippen LogP contribution in [0.3, 0.4) is 0 Å². The smallest absolute Gasteiger partial charge is 0.305 e. The summed E-state index contributed by atoms with van der Waals surface area (Å²) >= 11 is 0. The molecule has 0 saturated carbocycles. The number of carbonyl (C=O) groups excluding carboxylic acids is 1. The second kappa shape index (κ2) is 5.11. The number of carboxylic acid groups (broad SMARTS) is 1. The molecule has 86 valence electrons. The van der Waals surface area contributed by atoms with Crippen molar-refractivity contribution in [2.75, 3.05) is 6.54 Å². The number of aliphatic carboxylic acids is 1. The van der Waals surface area contributed by atoms with Gasteiger partial charge in [-0.25, -0.2) is 0 Å². The second-order valence-corrected chi connectivity index (χ2v) is 3.94. The highest BCUT2D eigenvalue weighted by Gasteiger charge is 2.31. The highest BCUT2D eigenvalue weighted by molar-refractivity contribution is 5.86. The van der Waals surface area contributed by atoms with E-state index in [2.05, 4.69) is 0 Å². The summed E-state index contributed by atoms with van der Waals surface area (Å²) in [5.74, 6) is -1.25. The molecule has 1 aliphatic heterocycles. The van der Waals surface area contributed by atoms with Gasteiger partial charge in [-0.15, -0.1) is 0 Å². The average Bonchev–Trinajstić information content (AvgIpc) is 2.62. The maximum Gasteiger partial charge on any atom is 0.305 e. The van der Waals surface area contributed by atoms with E-state index < -0.39 is 12.0 Å². The predicted octanol–water partition coefficient (Wildman–Crippen LogP) is 0.189. The molecule has 1 amide bonds. The van der Waals surface area contributed by atoms with Crippen molar-refractivity contribution in [1.82, 2.24) is 4.90 Å². The van der Waals surface area contributed by atoms with Gasteiger partial charge in [0.25, 0.3) is 0 Å². The van der Waals surface area contributed by atoms with Gasteiger partial charge in [0.2, 0.25) is 5.91 Å². The van der Waals surface area contributed by atoms with Crippen LogP contribution in [0.5, 0.6) is 0 Å². The van der Waals surface area contributed by atoms with Crippen LogP contribution in [0.1, 0.15) is 32.6 Å². The number of hydrogen-bond acceptors (Lipinski definition) is 3. The minimum Gasteiger partial charge on any atom is -0.481 e. The number of amides is 1. The molecular formula is C10H18N2O3. The normalized spacial score (nSPS) is 22.8. The van der Waals surface area contributed by atoms with Gasteiger partial charge in [-0.2, -0.15) is 0 Å². The molecule has 0 aromatic rings. The quantitative estimate of drug-likeness (QED) is 0.699. The number of likely N-dealkylation sites (tertiary alicyclic amines) is 1. The Balaban J connectivity index is 2.55. The van der Waals surface area contributed by atoms with E-state index in [1.165, 1.54) is 0 Å². The molecule has 0 aromatic heterocycles. The van der Waals surface area contributed by atoms with Crippen molar-refractivity contribution in [2.24, 2.45) is 5.73 Å². The molecule has 2 atom stereocenters. The lowest BCUT2D eigenvalue weighted by molar-refractivity contribution is -0.142.